The summed E-state index contributed by atoms with van der Waals surface area (Å²) >= 11 is 0. The van der Waals surface area contributed by atoms with Gasteiger partial charge in [0.25, 0.3) is 0 Å². The average Bonchev–Trinajstić information content (AvgIpc) is 2.69. The third-order valence-corrected chi connectivity index (χ3v) is 4.50. The van der Waals surface area contributed by atoms with Crippen molar-refractivity contribution in [3.8, 4) is 0 Å². The first-order valence-electron chi connectivity index (χ1n) is 7.84. The molecule has 22 heavy (non-hydrogen) atoms. The highest BCUT2D eigenvalue weighted by atomic mass is 19.1. The summed E-state index contributed by atoms with van der Waals surface area (Å²) in [6, 6.07) is 8.35. The summed E-state index contributed by atoms with van der Waals surface area (Å²) in [4.78, 5) is 4.26. The molecule has 0 saturated heterocycles. The summed E-state index contributed by atoms with van der Waals surface area (Å²) in [7, 11) is 3.89. The number of halogens is 1. The van der Waals surface area contributed by atoms with Gasteiger partial charge in [0.15, 0.2) is 0 Å². The molecule has 0 amide bonds. The number of hydrogen-bond acceptors (Lipinski definition) is 2. The molecule has 1 aliphatic heterocycles. The summed E-state index contributed by atoms with van der Waals surface area (Å²) < 4.78 is 13.4. The Hall–Kier alpha value is -1.87. The molecule has 1 heterocycles. The Balaban J connectivity index is 2.03. The van der Waals surface area contributed by atoms with E-state index in [1.165, 1.54) is 22.5 Å². The first-order valence-corrected chi connectivity index (χ1v) is 7.84. The second-order valence-electron chi connectivity index (χ2n) is 6.13. The number of likely N-dealkylation sites (N-methyl/N-ethyl adjacent to an activating group) is 1. The Labute approximate surface area is 132 Å². The molecular weight excluding hydrogens is 275 g/mol. The lowest BCUT2D eigenvalue weighted by Crippen LogP contribution is -2.42. The molecule has 2 aliphatic rings. The lowest BCUT2D eigenvalue weighted by Gasteiger charge is -2.34. The van der Waals surface area contributed by atoms with Gasteiger partial charge in [-0.1, -0.05) is 36.4 Å². The summed E-state index contributed by atoms with van der Waals surface area (Å²) in [6.07, 6.45) is 10.7. The van der Waals surface area contributed by atoms with Crippen LogP contribution in [0.3, 0.4) is 0 Å². The van der Waals surface area contributed by atoms with Crippen LogP contribution in [0.1, 0.15) is 12.0 Å². The molecule has 1 unspecified atom stereocenters. The zero-order valence-electron chi connectivity index (χ0n) is 13.3. The van der Waals surface area contributed by atoms with E-state index in [9.17, 15) is 4.39 Å². The fourth-order valence-electron chi connectivity index (χ4n) is 3.08. The molecule has 3 heteroatoms. The van der Waals surface area contributed by atoms with Gasteiger partial charge in [0, 0.05) is 17.9 Å². The summed E-state index contributed by atoms with van der Waals surface area (Å²) in [5.74, 6) is 0. The molecule has 1 aromatic carbocycles. The van der Waals surface area contributed by atoms with Gasteiger partial charge in [-0.25, -0.2) is 4.39 Å². The Morgan fingerprint density at radius 3 is 2.82 bits per heavy atom. The number of hydrogen-bond donors (Lipinski definition) is 0. The molecule has 116 valence electrons. The van der Waals surface area contributed by atoms with E-state index in [0.29, 0.717) is 6.54 Å². The number of nitrogens with zero attached hydrogens (tertiary/aromatic N) is 2. The molecule has 2 nitrogen and oxygen atoms in total. The van der Waals surface area contributed by atoms with Crippen LogP contribution in [0.4, 0.5) is 10.1 Å². The highest BCUT2D eigenvalue weighted by Gasteiger charge is 2.25. The van der Waals surface area contributed by atoms with Crippen LogP contribution in [0, 0.1) is 0 Å². The topological polar surface area (TPSA) is 6.48 Å². The fraction of sp³-hybridized carbons (Fsp3) is 0.368. The molecule has 1 aromatic rings. The van der Waals surface area contributed by atoms with E-state index in [0.717, 1.165) is 12.8 Å². The zero-order chi connectivity index (χ0) is 15.5. The van der Waals surface area contributed by atoms with Gasteiger partial charge < -0.3 is 9.80 Å². The number of allylic oxidation sites excluding steroid dienone is 5. The smallest absolute Gasteiger partial charge is 0.107 e. The van der Waals surface area contributed by atoms with E-state index >= 15 is 0 Å². The molecule has 0 aromatic heterocycles. The molecule has 0 fully saturated rings. The minimum Gasteiger partial charge on any atom is -0.339 e. The van der Waals surface area contributed by atoms with Crippen molar-refractivity contribution in [1.29, 1.82) is 0 Å². The van der Waals surface area contributed by atoms with Crippen LogP contribution < -0.4 is 4.90 Å². The second-order valence-corrected chi connectivity index (χ2v) is 6.13. The largest absolute Gasteiger partial charge is 0.339 e. The van der Waals surface area contributed by atoms with Crippen LogP contribution in [-0.2, 0) is 6.42 Å². The van der Waals surface area contributed by atoms with E-state index in [4.69, 9.17) is 0 Å². The number of benzene rings is 1. The van der Waals surface area contributed by atoms with E-state index < -0.39 is 0 Å². The van der Waals surface area contributed by atoms with Gasteiger partial charge in [0.2, 0.25) is 0 Å². The van der Waals surface area contributed by atoms with Crippen molar-refractivity contribution in [1.82, 2.24) is 4.90 Å². The number of rotatable bonds is 4. The van der Waals surface area contributed by atoms with Crippen LogP contribution in [0.5, 0.6) is 0 Å². The third kappa shape index (κ3) is 2.86. The molecule has 1 aliphatic carbocycles. The molecule has 0 saturated carbocycles. The molecule has 0 N–H and O–H groups in total. The number of para-hydroxylation sites is 1. The first kappa shape index (κ1) is 15.0. The van der Waals surface area contributed by atoms with E-state index in [1.807, 2.05) is 19.0 Å². The third-order valence-electron chi connectivity index (χ3n) is 4.50. The molecule has 1 atom stereocenters. The van der Waals surface area contributed by atoms with Crippen LogP contribution >= 0.6 is 0 Å². The normalized spacial score (nSPS) is 18.3. The average molecular weight is 298 g/mol. The van der Waals surface area contributed by atoms with Gasteiger partial charge in [-0.05, 0) is 50.2 Å². The predicted octanol–water partition coefficient (Wildman–Crippen LogP) is 3.72. The van der Waals surface area contributed by atoms with E-state index in [1.54, 1.807) is 0 Å². The Bertz CT molecular complexity index is 628. The zero-order valence-corrected chi connectivity index (χ0v) is 13.3. The fourth-order valence-corrected chi connectivity index (χ4v) is 3.08. The van der Waals surface area contributed by atoms with Crippen LogP contribution in [0.25, 0.3) is 0 Å². The van der Waals surface area contributed by atoms with Crippen LogP contribution in [-0.4, -0.2) is 38.3 Å². The standard InChI is InChI=1S/C19H23FN2/c1-21(2)17(13-20)14-22-18-9-5-3-7-15(18)11-12-16-8-4-6-10-19(16)22/h3-7,9-10,12,17H,8,11,13-14H2,1-2H3. The minimum atomic E-state index is -0.339. The lowest BCUT2D eigenvalue weighted by molar-refractivity contribution is 0.243. The van der Waals surface area contributed by atoms with Crippen LogP contribution in [0.15, 0.2) is 59.8 Å². The van der Waals surface area contributed by atoms with Crippen molar-refractivity contribution in [3.63, 3.8) is 0 Å². The maximum Gasteiger partial charge on any atom is 0.107 e. The Morgan fingerprint density at radius 2 is 2.05 bits per heavy atom. The van der Waals surface area contributed by atoms with E-state index in [2.05, 4.69) is 53.5 Å². The van der Waals surface area contributed by atoms with Crippen molar-refractivity contribution < 1.29 is 4.39 Å². The van der Waals surface area contributed by atoms with Gasteiger partial charge >= 0.3 is 0 Å². The number of anilines is 1. The van der Waals surface area contributed by atoms with Crippen molar-refractivity contribution in [2.24, 2.45) is 0 Å². The summed E-state index contributed by atoms with van der Waals surface area (Å²) in [5, 5.41) is 0. The number of fused-ring (bicyclic) bond motifs is 2. The monoisotopic (exact) mass is 298 g/mol. The molecule has 0 spiro atoms. The maximum atomic E-state index is 13.4. The first-order chi connectivity index (χ1) is 10.7. The molecular formula is C19H23FN2. The minimum absolute atomic E-state index is 0.112. The Kier molecular flexibility index (Phi) is 4.44. The van der Waals surface area contributed by atoms with Gasteiger partial charge in [0.1, 0.15) is 6.67 Å². The quantitative estimate of drug-likeness (QED) is 0.836. The Morgan fingerprint density at radius 1 is 1.23 bits per heavy atom. The lowest BCUT2D eigenvalue weighted by atomic mass is 10.0. The van der Waals surface area contributed by atoms with Gasteiger partial charge in [0.05, 0.1) is 6.04 Å². The van der Waals surface area contributed by atoms with Crippen LogP contribution in [0.2, 0.25) is 0 Å². The predicted molar refractivity (Wildman–Crippen MR) is 90.9 cm³/mol. The van der Waals surface area contributed by atoms with Gasteiger partial charge in [-0.15, -0.1) is 0 Å². The molecule has 3 rings (SSSR count). The molecule has 0 bridgehead atoms. The number of alkyl halides is 1. The highest BCUT2D eigenvalue weighted by molar-refractivity contribution is 5.65. The van der Waals surface area contributed by atoms with Crippen molar-refractivity contribution in [2.45, 2.75) is 18.9 Å². The SMILES string of the molecule is CN(C)C(CF)CN1C2=CC=CCC2=CCc2ccccc21. The second kappa shape index (κ2) is 6.49. The maximum absolute atomic E-state index is 13.4. The van der Waals surface area contributed by atoms with Gasteiger partial charge in [-0.2, -0.15) is 0 Å². The summed E-state index contributed by atoms with van der Waals surface area (Å²) in [5.41, 5.74) is 5.07. The van der Waals surface area contributed by atoms with Crippen molar-refractivity contribution in [3.05, 3.63) is 65.4 Å². The highest BCUT2D eigenvalue weighted by Crippen LogP contribution is 2.34. The van der Waals surface area contributed by atoms with Crippen molar-refractivity contribution >= 4 is 5.69 Å². The van der Waals surface area contributed by atoms with Gasteiger partial charge in [-0.3, -0.25) is 0 Å². The van der Waals surface area contributed by atoms with Crippen molar-refractivity contribution in [2.75, 3.05) is 32.2 Å². The summed E-state index contributed by atoms with van der Waals surface area (Å²) in [6.45, 7) is 0.325. The van der Waals surface area contributed by atoms with E-state index in [-0.39, 0.29) is 12.7 Å². The molecule has 0 radical (unpaired) electrons.